The summed E-state index contributed by atoms with van der Waals surface area (Å²) in [5.41, 5.74) is 2.18. The van der Waals surface area contributed by atoms with Crippen molar-refractivity contribution in [3.8, 4) is 0 Å². The van der Waals surface area contributed by atoms with E-state index in [9.17, 15) is 0 Å². The van der Waals surface area contributed by atoms with E-state index in [2.05, 4.69) is 15.3 Å². The van der Waals surface area contributed by atoms with Crippen LogP contribution in [0.15, 0.2) is 72.9 Å². The van der Waals surface area contributed by atoms with Crippen LogP contribution in [0.3, 0.4) is 0 Å². The van der Waals surface area contributed by atoms with Gasteiger partial charge in [-0.2, -0.15) is 13.2 Å². The average molecular weight is 431 g/mol. The number of rotatable bonds is 1. The first-order valence-electron chi connectivity index (χ1n) is 10.5. The maximum Gasteiger partial charge on any atom is 0.421 e. The van der Waals surface area contributed by atoms with Gasteiger partial charge in [0, 0.05) is 45.7 Å². The maximum atomic E-state index is 15.4. The Labute approximate surface area is 182 Å². The Morgan fingerprint density at radius 1 is 0.875 bits per heavy atom. The lowest BCUT2D eigenvalue weighted by molar-refractivity contribution is -0.170. The lowest BCUT2D eigenvalue weighted by Crippen LogP contribution is -2.50. The number of hydrogen-bond acceptors (Lipinski definition) is 1. The molecule has 5 aromatic rings. The number of anilines is 1. The highest BCUT2D eigenvalue weighted by Gasteiger charge is 2.61. The molecule has 2 aromatic heterocycles. The van der Waals surface area contributed by atoms with E-state index < -0.39 is 11.7 Å². The average Bonchev–Trinajstić information content (AvgIpc) is 3.32. The Kier molecular flexibility index (Phi) is 3.82. The molecule has 1 aliphatic heterocycles. The van der Waals surface area contributed by atoms with Crippen LogP contribution in [0, 0.1) is 6.92 Å². The van der Waals surface area contributed by atoms with Gasteiger partial charge in [0.2, 0.25) is 5.54 Å². The highest BCUT2D eigenvalue weighted by Crippen LogP contribution is 2.52. The number of aryl methyl sites for hydroxylation is 1. The van der Waals surface area contributed by atoms with E-state index in [4.69, 9.17) is 0 Å². The van der Waals surface area contributed by atoms with Crippen molar-refractivity contribution >= 4 is 27.5 Å². The number of H-pyrrole nitrogens is 2. The summed E-state index contributed by atoms with van der Waals surface area (Å²) in [6.45, 7) is 1.92. The lowest BCUT2D eigenvalue weighted by atomic mass is 9.83. The predicted molar refractivity (Wildman–Crippen MR) is 121 cm³/mol. The zero-order chi connectivity index (χ0) is 22.1. The zero-order valence-electron chi connectivity index (χ0n) is 17.3. The number of halogens is 3. The van der Waals surface area contributed by atoms with E-state index in [0.29, 0.717) is 28.6 Å². The molecule has 160 valence electrons. The van der Waals surface area contributed by atoms with Crippen molar-refractivity contribution in [2.75, 3.05) is 5.32 Å². The minimum absolute atomic E-state index is 0.148. The van der Waals surface area contributed by atoms with E-state index in [1.165, 1.54) is 6.20 Å². The van der Waals surface area contributed by atoms with Crippen LogP contribution < -0.4 is 5.32 Å². The lowest BCUT2D eigenvalue weighted by Gasteiger charge is -2.37. The monoisotopic (exact) mass is 431 g/mol. The number of benzene rings is 3. The van der Waals surface area contributed by atoms with Crippen molar-refractivity contribution in [3.63, 3.8) is 0 Å². The topological polar surface area (TPSA) is 43.6 Å². The molecule has 3 heterocycles. The van der Waals surface area contributed by atoms with Crippen LogP contribution in [0.5, 0.6) is 0 Å². The van der Waals surface area contributed by atoms with E-state index in [-0.39, 0.29) is 11.3 Å². The summed E-state index contributed by atoms with van der Waals surface area (Å²) in [6, 6.07) is 20.1. The van der Waals surface area contributed by atoms with E-state index in [0.717, 1.165) is 22.0 Å². The van der Waals surface area contributed by atoms with Crippen LogP contribution >= 0.6 is 0 Å². The molecule has 0 bridgehead atoms. The summed E-state index contributed by atoms with van der Waals surface area (Å²) in [5.74, 6) is 0. The van der Waals surface area contributed by atoms with Gasteiger partial charge in [-0.15, -0.1) is 0 Å². The second kappa shape index (κ2) is 6.42. The molecule has 0 unspecified atom stereocenters. The molecule has 0 radical (unpaired) electrons. The van der Waals surface area contributed by atoms with E-state index in [1.807, 2.05) is 43.3 Å². The third-order valence-electron chi connectivity index (χ3n) is 6.65. The SMILES string of the molecule is Cc1cccc2c3c([nH]c12)[C@@](c1c[nH]c2ccccc12)(C(F)(F)F)Nc1ccccc1C3. The number of aromatic amines is 2. The van der Waals surface area contributed by atoms with Gasteiger partial charge in [0.15, 0.2) is 0 Å². The predicted octanol–water partition coefficient (Wildman–Crippen LogP) is 6.78. The van der Waals surface area contributed by atoms with E-state index >= 15 is 13.2 Å². The standard InChI is InChI=1S/C26H20F3N3/c1-15-7-6-10-17-19-13-16-8-2-4-11-21(16)32-25(26(27,28)29,24(19)31-23(15)17)20-14-30-22-12-5-3-9-18(20)22/h2-12,14,30-32H,13H2,1H3/t25-/m0/s1. The van der Waals surface area contributed by atoms with Crippen molar-refractivity contribution in [2.45, 2.75) is 25.1 Å². The number of fused-ring (bicyclic) bond motifs is 5. The van der Waals surface area contributed by atoms with Gasteiger partial charge in [0.25, 0.3) is 0 Å². The molecule has 0 saturated heterocycles. The smallest absolute Gasteiger partial charge is 0.363 e. The van der Waals surface area contributed by atoms with Crippen LogP contribution in [0.1, 0.15) is 27.9 Å². The van der Waals surface area contributed by atoms with Crippen molar-refractivity contribution in [1.29, 1.82) is 0 Å². The van der Waals surface area contributed by atoms with Gasteiger partial charge in [-0.05, 0) is 35.7 Å². The van der Waals surface area contributed by atoms with Gasteiger partial charge in [0.1, 0.15) is 0 Å². The molecule has 1 atom stereocenters. The number of hydrogen-bond donors (Lipinski definition) is 3. The van der Waals surface area contributed by atoms with Crippen molar-refractivity contribution < 1.29 is 13.2 Å². The van der Waals surface area contributed by atoms with Crippen molar-refractivity contribution in [3.05, 3.63) is 101 Å². The summed E-state index contributed by atoms with van der Waals surface area (Å²) in [7, 11) is 0. The molecular formula is C26H20F3N3. The molecule has 0 fully saturated rings. The summed E-state index contributed by atoms with van der Waals surface area (Å²) in [4.78, 5) is 6.26. The number of nitrogens with one attached hydrogen (secondary N) is 3. The second-order valence-electron chi connectivity index (χ2n) is 8.43. The largest absolute Gasteiger partial charge is 0.421 e. The molecule has 6 rings (SSSR count). The summed E-state index contributed by atoms with van der Waals surface area (Å²) in [6.07, 6.45) is -2.73. The molecule has 0 amide bonds. The summed E-state index contributed by atoms with van der Waals surface area (Å²) in [5, 5.41) is 4.33. The van der Waals surface area contributed by atoms with Gasteiger partial charge < -0.3 is 15.3 Å². The highest BCUT2D eigenvalue weighted by molar-refractivity contribution is 5.91. The van der Waals surface area contributed by atoms with Crippen LogP contribution in [-0.2, 0) is 12.0 Å². The molecule has 0 saturated carbocycles. The van der Waals surface area contributed by atoms with Crippen molar-refractivity contribution in [2.24, 2.45) is 0 Å². The highest BCUT2D eigenvalue weighted by atomic mass is 19.4. The fraction of sp³-hybridized carbons (Fsp3) is 0.154. The zero-order valence-corrected chi connectivity index (χ0v) is 17.3. The molecule has 6 heteroatoms. The molecule has 0 spiro atoms. The first kappa shape index (κ1) is 19.0. The molecule has 1 aliphatic rings. The van der Waals surface area contributed by atoms with Gasteiger partial charge in [-0.3, -0.25) is 0 Å². The Hall–Kier alpha value is -3.67. The Balaban J connectivity index is 1.80. The number of para-hydroxylation sites is 3. The number of alkyl halides is 3. The van der Waals surface area contributed by atoms with Crippen LogP contribution in [0.25, 0.3) is 21.8 Å². The third-order valence-corrected chi connectivity index (χ3v) is 6.65. The van der Waals surface area contributed by atoms with Crippen molar-refractivity contribution in [1.82, 2.24) is 9.97 Å². The second-order valence-corrected chi connectivity index (χ2v) is 8.43. The fourth-order valence-corrected chi connectivity index (χ4v) is 5.12. The van der Waals surface area contributed by atoms with Crippen LogP contribution in [0.4, 0.5) is 18.9 Å². The first-order chi connectivity index (χ1) is 15.4. The molecule has 3 N–H and O–H groups in total. The summed E-state index contributed by atoms with van der Waals surface area (Å²) >= 11 is 0. The number of aromatic nitrogens is 2. The molecule has 0 aliphatic carbocycles. The normalized spacial score (nSPS) is 18.2. The van der Waals surface area contributed by atoms with Gasteiger partial charge in [0.05, 0.1) is 5.69 Å². The first-order valence-corrected chi connectivity index (χ1v) is 10.5. The Morgan fingerprint density at radius 3 is 2.47 bits per heavy atom. The minimum Gasteiger partial charge on any atom is -0.363 e. The Bertz CT molecular complexity index is 1490. The molecule has 3 nitrogen and oxygen atoms in total. The van der Waals surface area contributed by atoms with Crippen LogP contribution in [-0.4, -0.2) is 16.1 Å². The molecular weight excluding hydrogens is 411 g/mol. The minimum atomic E-state index is -4.63. The van der Waals surface area contributed by atoms with E-state index in [1.54, 1.807) is 30.3 Å². The van der Waals surface area contributed by atoms with Gasteiger partial charge in [-0.1, -0.05) is 54.6 Å². The third kappa shape index (κ3) is 2.43. The van der Waals surface area contributed by atoms with Gasteiger partial charge in [-0.25, -0.2) is 0 Å². The fourth-order valence-electron chi connectivity index (χ4n) is 5.12. The van der Waals surface area contributed by atoms with Gasteiger partial charge >= 0.3 is 6.18 Å². The quantitative estimate of drug-likeness (QED) is 0.269. The molecule has 32 heavy (non-hydrogen) atoms. The molecule has 3 aromatic carbocycles. The maximum absolute atomic E-state index is 15.4. The Morgan fingerprint density at radius 2 is 1.62 bits per heavy atom. The van der Waals surface area contributed by atoms with Crippen LogP contribution in [0.2, 0.25) is 0 Å². The summed E-state index contributed by atoms with van der Waals surface area (Å²) < 4.78 is 46.1.